The van der Waals surface area contributed by atoms with Gasteiger partial charge in [-0.1, -0.05) is 0 Å². The SMILES string of the molecule is COC(OC)OC.COC(OC)OC.COc1c([N+](=O)[O-])c(O)c([N+](=O)[O-])c(O)c1[N+](=O)[O-].COc1c([N+](=O)[O-])c(O)c([N+](=O)[O-])c(OC)c1[N+](=O)[O-].COc1c([N+](=O)[O-])c(OC)c([N+](=O)[O-])c(OC)c1[N+](=O)[O-].COc1c([N+](=O)[O-])c(OC)c([N+](=O)[O-])c(OC)c1[N+](=O)[O-].COc1cc(CO)cc(OC)c1.COc1cc(O)cc(O)c1.COc1cc(O)cc(OC)c1.N.N.Nc1c([N+](=O)[O-])c(N)c([N+](=O)[O-])c(N)c1[N+](=O)[O-]. The van der Waals surface area contributed by atoms with Crippen molar-refractivity contribution in [3.63, 3.8) is 0 Å². The van der Waals surface area contributed by atoms with Gasteiger partial charge in [0.05, 0.1) is 180 Å². The zero-order chi connectivity index (χ0) is 114. The highest BCUT2D eigenvalue weighted by molar-refractivity contribution is 5.97. The van der Waals surface area contributed by atoms with Gasteiger partial charge in [-0.25, -0.2) is 0 Å². The maximum absolute atomic E-state index is 11.1. The Kier molecular flexibility index (Phi) is 57.5. The van der Waals surface area contributed by atoms with E-state index in [9.17, 15) is 167 Å². The van der Waals surface area contributed by atoms with Gasteiger partial charge in [-0.3, -0.25) is 152 Å². The minimum atomic E-state index is -1.54. The number of nitro benzene ring substituents is 15. The average Bonchev–Trinajstić information content (AvgIpc) is 0.762. The molecule has 0 aliphatic carbocycles. The molecule has 0 amide bonds. The van der Waals surface area contributed by atoms with Crippen LogP contribution in [0.2, 0.25) is 0 Å². The van der Waals surface area contributed by atoms with E-state index >= 15 is 0 Å². The highest BCUT2D eigenvalue weighted by Crippen LogP contribution is 2.60. The van der Waals surface area contributed by atoms with Crippen LogP contribution in [0, 0.1) is 152 Å². The highest BCUT2D eigenvalue weighted by atomic mass is 16.8. The summed E-state index contributed by atoms with van der Waals surface area (Å²) in [5.41, 5.74) is -3.90. The molecule has 77 heteroatoms. The van der Waals surface area contributed by atoms with Crippen LogP contribution in [0.3, 0.4) is 0 Å². The maximum Gasteiger partial charge on any atom is 0.367 e. The number of rotatable bonds is 36. The summed E-state index contributed by atoms with van der Waals surface area (Å²) in [6, 6.07) is 14.1. The van der Waals surface area contributed by atoms with Gasteiger partial charge in [0.2, 0.25) is 0 Å². The van der Waals surface area contributed by atoms with Crippen molar-refractivity contribution < 1.29 is 204 Å². The number of phenolic OH excluding ortho intramolecular Hbond substituents is 6. The Morgan fingerprint density at radius 2 is 0.345 bits per heavy atom. The molecule has 0 spiro atoms. The second kappa shape index (κ2) is 63.5. The monoisotopic (exact) mass is 2140 g/mol. The molecular weight excluding hydrogens is 2040 g/mol. The lowest BCUT2D eigenvalue weighted by atomic mass is 10.1. The zero-order valence-electron chi connectivity index (χ0n) is 80.0. The summed E-state index contributed by atoms with van der Waals surface area (Å²) in [6.07, 6.45) is 0. The third-order valence-corrected chi connectivity index (χ3v) is 16.5. The molecule has 0 aromatic heterocycles. The summed E-state index contributed by atoms with van der Waals surface area (Å²) in [6.45, 7) is -1.03. The van der Waals surface area contributed by atoms with E-state index in [1.165, 1.54) is 94.3 Å². The van der Waals surface area contributed by atoms with Crippen LogP contribution >= 0.6 is 0 Å². The van der Waals surface area contributed by atoms with E-state index in [0.717, 1.165) is 69.6 Å². The second-order valence-corrected chi connectivity index (χ2v) is 24.5. The molecule has 77 nitrogen and oxygen atoms in total. The predicted octanol–water partition coefficient (Wildman–Crippen LogP) is 9.45. The van der Waals surface area contributed by atoms with Crippen molar-refractivity contribution in [1.82, 2.24) is 12.3 Å². The van der Waals surface area contributed by atoms with Crippen LogP contribution in [0.4, 0.5) is 102 Å². The van der Waals surface area contributed by atoms with Gasteiger partial charge in [0.25, 0.3) is 81.9 Å². The lowest BCUT2D eigenvalue weighted by Gasteiger charge is -2.10. The van der Waals surface area contributed by atoms with Crippen molar-refractivity contribution in [1.29, 1.82) is 0 Å². The van der Waals surface area contributed by atoms with Gasteiger partial charge in [0.15, 0.2) is 17.1 Å². The molecule has 0 unspecified atom stereocenters. The molecule has 0 bridgehead atoms. The standard InChI is InChI=1S/2C9H9N3O9.C9H12O3.C8H7N3O9.C8H10O3.C7H5N3O9.C7H8O3.C6H6N6O6.2C4H10O3.2H3N/c2*1-19-7-4(10(13)14)8(20-2)6(12(17)18)9(21-3)5(7)11(15)16;1-11-8-3-7(6-10)4-9(5-8)12-2;1-19-7-3(9(13)14)6(12)4(10(15)16)8(20-2)5(7)11(17)18;1-10-7-3-6(9)4-8(5-7)11-2;1-19-7-3(9(15)16)5(11)2(8(13)14)6(12)4(7)10(17)18;1-10-7-3-5(8)2-6(9)4-7;7-1-4(10(13)14)2(8)6(12(17)18)3(9)5(1)11(15)16;2*1-5-4(6-2)7-3;;/h2*1-3H3;3-5,10H,6H2,1-2H3;12H,1-2H3;3-5,9H,1-2H3;11-12H,1H3;2-4,8-9H,1H3;7-9H2;2*4H,1-3H3;2*1H3. The third-order valence-electron chi connectivity index (χ3n) is 16.5. The van der Waals surface area contributed by atoms with Gasteiger partial charge in [0.1, 0.15) is 46.0 Å². The Morgan fingerprint density at radius 3 is 0.480 bits per heavy atom. The molecule has 0 heterocycles. The van der Waals surface area contributed by atoms with E-state index < -0.39 is 258 Å². The van der Waals surface area contributed by atoms with E-state index in [4.69, 9.17) is 61.3 Å². The lowest BCUT2D eigenvalue weighted by molar-refractivity contribution is -0.407. The molecule has 8 aromatic rings. The topological polar surface area (TPSA) is 1120 Å². The normalized spacial score (nSPS) is 9.70. The van der Waals surface area contributed by atoms with Gasteiger partial charge in [-0.05, 0) is 17.7 Å². The number of aliphatic hydroxyl groups is 1. The summed E-state index contributed by atoms with van der Waals surface area (Å²) in [5.74, 6) is -9.11. The Bertz CT molecular complexity index is 5460. The van der Waals surface area contributed by atoms with Gasteiger partial charge in [0, 0.05) is 85.1 Å². The van der Waals surface area contributed by atoms with Crippen LogP contribution in [-0.4, -0.2) is 265 Å². The molecule has 0 aliphatic rings. The second-order valence-electron chi connectivity index (χ2n) is 24.5. The Morgan fingerprint density at radius 1 is 0.209 bits per heavy atom. The zero-order valence-corrected chi connectivity index (χ0v) is 80.0. The number of benzene rings is 8. The molecule has 0 radical (unpaired) electrons. The van der Waals surface area contributed by atoms with E-state index in [0.29, 0.717) is 28.7 Å². The van der Waals surface area contributed by atoms with Crippen molar-refractivity contribution in [2.75, 3.05) is 159 Å². The molecule has 0 aliphatic heterocycles. The Labute approximate surface area is 822 Å². The molecule has 0 fully saturated rings. The number of hydrogen-bond donors (Lipinski definition) is 12. The highest BCUT2D eigenvalue weighted by Gasteiger charge is 2.50. The molecule has 818 valence electrons. The van der Waals surface area contributed by atoms with Crippen molar-refractivity contribution in [2.45, 2.75) is 19.6 Å². The number of aliphatic hydroxyl groups excluding tert-OH is 1. The number of nitrogens with zero attached hydrogens (tertiary/aromatic N) is 15. The Balaban J connectivity index is -0.000000791. The molecule has 19 N–H and O–H groups in total. The van der Waals surface area contributed by atoms with E-state index in [1.807, 2.05) is 0 Å². The van der Waals surface area contributed by atoms with Crippen LogP contribution in [0.5, 0.6) is 115 Å². The average molecular weight is 2140 g/mol. The fourth-order valence-electron chi connectivity index (χ4n) is 10.7. The van der Waals surface area contributed by atoms with Crippen molar-refractivity contribution in [3.05, 3.63) is 212 Å². The lowest BCUT2D eigenvalue weighted by Crippen LogP contribution is -2.14. The number of aromatic hydroxyl groups is 6. The van der Waals surface area contributed by atoms with E-state index in [1.54, 1.807) is 38.5 Å². The van der Waals surface area contributed by atoms with Crippen LogP contribution < -0.4 is 95.8 Å². The minimum Gasteiger partial charge on any atom is -0.508 e. The summed E-state index contributed by atoms with van der Waals surface area (Å²) in [5, 5.41) is 227. The first-order valence-electron chi connectivity index (χ1n) is 36.8. The molecule has 8 rings (SSSR count). The van der Waals surface area contributed by atoms with Gasteiger partial charge < -0.3 is 160 Å². The molecule has 148 heavy (non-hydrogen) atoms. The smallest absolute Gasteiger partial charge is 0.367 e. The van der Waals surface area contributed by atoms with E-state index in [2.05, 4.69) is 71.1 Å². The summed E-state index contributed by atoms with van der Waals surface area (Å²) in [7, 11) is 25.0. The van der Waals surface area contributed by atoms with Crippen LogP contribution in [0.15, 0.2) is 54.6 Å². The molecule has 0 saturated carbocycles. The fraction of sp³-hybridized carbons (Fsp3) is 0.324. The number of nitrogens with two attached hydrogens (primary N) is 3. The quantitative estimate of drug-likeness (QED) is 0.00752. The van der Waals surface area contributed by atoms with Gasteiger partial charge in [-0.2, -0.15) is 0 Å². The molecule has 8 aromatic carbocycles. The fourth-order valence-corrected chi connectivity index (χ4v) is 10.7. The first-order valence-corrected chi connectivity index (χ1v) is 36.8. The molecular formula is C71H92N20O57. The number of nitrogen functional groups attached to an aromatic ring is 3. The number of methoxy groups -OCH3 is 20. The Hall–Kier alpha value is -20.2. The first-order chi connectivity index (χ1) is 68.3. The van der Waals surface area contributed by atoms with Gasteiger partial charge >= 0.3 is 85.3 Å². The maximum atomic E-state index is 11.1. The first kappa shape index (κ1) is 134. The molecule has 0 saturated heterocycles. The number of hydrogen-bond acceptors (Lipinski definition) is 62. The number of phenols is 6. The van der Waals surface area contributed by atoms with E-state index in [-0.39, 0.29) is 36.2 Å². The number of anilines is 3. The van der Waals surface area contributed by atoms with Crippen LogP contribution in [-0.2, 0) is 35.0 Å². The largest absolute Gasteiger partial charge is 0.508 e. The van der Waals surface area contributed by atoms with Gasteiger partial charge in [-0.15, -0.1) is 0 Å². The summed E-state index contributed by atoms with van der Waals surface area (Å²) >= 11 is 0. The van der Waals surface area contributed by atoms with Crippen molar-refractivity contribution >= 4 is 102 Å². The van der Waals surface area contributed by atoms with Crippen molar-refractivity contribution in [2.24, 2.45) is 0 Å². The van der Waals surface area contributed by atoms with Crippen molar-refractivity contribution in [3.8, 4) is 115 Å². The third kappa shape index (κ3) is 34.6. The van der Waals surface area contributed by atoms with Crippen LogP contribution in [0.25, 0.3) is 0 Å². The molecule has 0 atom stereocenters. The predicted molar refractivity (Wildman–Crippen MR) is 492 cm³/mol. The number of nitro groups is 15. The summed E-state index contributed by atoms with van der Waals surface area (Å²) < 4.78 is 93.5. The summed E-state index contributed by atoms with van der Waals surface area (Å²) in [4.78, 5) is 146. The van der Waals surface area contributed by atoms with Crippen LogP contribution in [0.1, 0.15) is 5.56 Å². The number of ether oxygens (including phenoxy) is 20. The minimum absolute atomic E-state index is 0.